The molecule has 10 heavy (non-hydrogen) atoms. The monoisotopic (exact) mass is 152 g/mol. The standard InChI is InChI=1S/C5H7F3N2/c1-3-9-10-4(2)5(6,7)8/h3,9H,1H2,2H3/b10-4+. The van der Waals surface area contributed by atoms with Gasteiger partial charge in [-0.05, 0) is 6.92 Å². The van der Waals surface area contributed by atoms with Crippen LogP contribution in [0.3, 0.4) is 0 Å². The molecular weight excluding hydrogens is 145 g/mol. The van der Waals surface area contributed by atoms with Crippen LogP contribution in [0.2, 0.25) is 0 Å². The summed E-state index contributed by atoms with van der Waals surface area (Å²) in [7, 11) is 0. The van der Waals surface area contributed by atoms with Gasteiger partial charge in [0.2, 0.25) is 0 Å². The Bertz CT molecular complexity index is 147. The third-order valence-electron chi connectivity index (χ3n) is 0.734. The first-order valence-corrected chi connectivity index (χ1v) is 2.46. The molecule has 0 aliphatic carbocycles. The smallest absolute Gasteiger partial charge is 0.286 e. The van der Waals surface area contributed by atoms with Crippen LogP contribution in [0.5, 0.6) is 0 Å². The largest absolute Gasteiger partial charge is 0.430 e. The normalized spacial score (nSPS) is 13.0. The lowest BCUT2D eigenvalue weighted by Crippen LogP contribution is -2.21. The van der Waals surface area contributed by atoms with Crippen molar-refractivity contribution in [2.24, 2.45) is 5.10 Å². The summed E-state index contributed by atoms with van der Waals surface area (Å²) >= 11 is 0. The molecule has 1 N–H and O–H groups in total. The maximum Gasteiger partial charge on any atom is 0.430 e. The average molecular weight is 152 g/mol. The topological polar surface area (TPSA) is 24.4 Å². The molecule has 0 aromatic heterocycles. The second-order valence-electron chi connectivity index (χ2n) is 1.53. The van der Waals surface area contributed by atoms with E-state index in [0.717, 1.165) is 13.1 Å². The Hall–Kier alpha value is -1.00. The number of nitrogens with one attached hydrogen (secondary N) is 1. The molecule has 0 saturated carbocycles. The molecular formula is C5H7F3N2. The van der Waals surface area contributed by atoms with Gasteiger partial charge < -0.3 is 0 Å². The minimum absolute atomic E-state index is 0.872. The molecule has 0 amide bonds. The molecule has 0 aliphatic rings. The van der Waals surface area contributed by atoms with Gasteiger partial charge in [-0.3, -0.25) is 5.43 Å². The number of rotatable bonds is 2. The van der Waals surface area contributed by atoms with Gasteiger partial charge in [-0.2, -0.15) is 18.3 Å². The molecule has 0 unspecified atom stereocenters. The maximum absolute atomic E-state index is 11.6. The van der Waals surface area contributed by atoms with Crippen LogP contribution in [-0.4, -0.2) is 11.9 Å². The molecule has 0 spiro atoms. The molecule has 0 fully saturated rings. The summed E-state index contributed by atoms with van der Waals surface area (Å²) in [6.45, 7) is 4.00. The molecule has 0 aromatic rings. The molecule has 0 atom stereocenters. The van der Waals surface area contributed by atoms with Crippen molar-refractivity contribution < 1.29 is 13.2 Å². The third-order valence-corrected chi connectivity index (χ3v) is 0.734. The van der Waals surface area contributed by atoms with Crippen LogP contribution < -0.4 is 5.43 Å². The molecule has 5 heteroatoms. The number of nitrogens with zero attached hydrogens (tertiary/aromatic N) is 1. The van der Waals surface area contributed by atoms with Gasteiger partial charge in [-0.1, -0.05) is 6.58 Å². The van der Waals surface area contributed by atoms with Crippen molar-refractivity contribution in [3.05, 3.63) is 12.8 Å². The first-order valence-electron chi connectivity index (χ1n) is 2.46. The summed E-state index contributed by atoms with van der Waals surface area (Å²) in [5, 5.41) is 2.94. The van der Waals surface area contributed by atoms with Gasteiger partial charge in [0.05, 0.1) is 0 Å². The van der Waals surface area contributed by atoms with Crippen LogP contribution in [0.1, 0.15) is 6.92 Å². The molecule has 0 aliphatic heterocycles. The molecule has 2 nitrogen and oxygen atoms in total. The lowest BCUT2D eigenvalue weighted by molar-refractivity contribution is -0.0595. The lowest BCUT2D eigenvalue weighted by Gasteiger charge is -2.03. The number of hydrazone groups is 1. The van der Waals surface area contributed by atoms with E-state index in [1.807, 2.05) is 5.43 Å². The Kier molecular flexibility index (Phi) is 2.92. The average Bonchev–Trinajstić information content (AvgIpc) is 1.80. The number of hydrogen-bond donors (Lipinski definition) is 1. The summed E-state index contributed by atoms with van der Waals surface area (Å²) in [6.07, 6.45) is -3.29. The van der Waals surface area contributed by atoms with E-state index in [1.54, 1.807) is 0 Å². The highest BCUT2D eigenvalue weighted by Crippen LogP contribution is 2.15. The molecule has 0 saturated heterocycles. The van der Waals surface area contributed by atoms with E-state index in [-0.39, 0.29) is 0 Å². The van der Waals surface area contributed by atoms with Crippen molar-refractivity contribution in [2.75, 3.05) is 0 Å². The zero-order valence-electron chi connectivity index (χ0n) is 5.37. The first-order chi connectivity index (χ1) is 4.48. The zero-order chi connectivity index (χ0) is 8.20. The minimum Gasteiger partial charge on any atom is -0.286 e. The fraction of sp³-hybridized carbons (Fsp3) is 0.400. The summed E-state index contributed by atoms with van der Waals surface area (Å²) in [6, 6.07) is 0. The molecule has 58 valence electrons. The maximum atomic E-state index is 11.6. The summed E-state index contributed by atoms with van der Waals surface area (Å²) < 4.78 is 34.7. The third kappa shape index (κ3) is 3.11. The van der Waals surface area contributed by atoms with Gasteiger partial charge in [0, 0.05) is 6.20 Å². The number of hydrogen-bond acceptors (Lipinski definition) is 2. The highest BCUT2D eigenvalue weighted by Gasteiger charge is 2.31. The molecule has 0 aromatic carbocycles. The molecule has 0 heterocycles. The van der Waals surface area contributed by atoms with Gasteiger partial charge in [-0.15, -0.1) is 0 Å². The second-order valence-corrected chi connectivity index (χ2v) is 1.53. The molecule has 0 rings (SSSR count). The minimum atomic E-state index is -4.35. The van der Waals surface area contributed by atoms with Crippen LogP contribution in [0.25, 0.3) is 0 Å². The van der Waals surface area contributed by atoms with E-state index < -0.39 is 11.9 Å². The van der Waals surface area contributed by atoms with E-state index in [2.05, 4.69) is 11.7 Å². The highest BCUT2D eigenvalue weighted by molar-refractivity contribution is 5.87. The Morgan fingerprint density at radius 2 is 2.10 bits per heavy atom. The number of halogens is 3. The van der Waals surface area contributed by atoms with E-state index in [1.165, 1.54) is 0 Å². The van der Waals surface area contributed by atoms with Gasteiger partial charge in [-0.25, -0.2) is 0 Å². The van der Waals surface area contributed by atoms with E-state index in [4.69, 9.17) is 0 Å². The van der Waals surface area contributed by atoms with Crippen LogP contribution in [0.4, 0.5) is 13.2 Å². The summed E-state index contributed by atoms with van der Waals surface area (Å²) in [4.78, 5) is 0. The fourth-order valence-corrected chi connectivity index (χ4v) is 0.206. The van der Waals surface area contributed by atoms with Crippen LogP contribution in [0.15, 0.2) is 17.9 Å². The highest BCUT2D eigenvalue weighted by atomic mass is 19.4. The van der Waals surface area contributed by atoms with Crippen molar-refractivity contribution >= 4 is 5.71 Å². The van der Waals surface area contributed by atoms with E-state index in [9.17, 15) is 13.2 Å². The van der Waals surface area contributed by atoms with Gasteiger partial charge in [0.15, 0.2) is 0 Å². The van der Waals surface area contributed by atoms with Crippen LogP contribution in [-0.2, 0) is 0 Å². The van der Waals surface area contributed by atoms with Crippen molar-refractivity contribution in [1.29, 1.82) is 0 Å². The Balaban J connectivity index is 4.05. The first kappa shape index (κ1) is 9.00. The van der Waals surface area contributed by atoms with Crippen molar-refractivity contribution in [1.82, 2.24) is 5.43 Å². The van der Waals surface area contributed by atoms with E-state index >= 15 is 0 Å². The second kappa shape index (κ2) is 3.24. The van der Waals surface area contributed by atoms with Gasteiger partial charge in [0.1, 0.15) is 5.71 Å². The lowest BCUT2D eigenvalue weighted by atomic mass is 10.4. The predicted octanol–water partition coefficient (Wildman–Crippen LogP) is 1.66. The van der Waals surface area contributed by atoms with Crippen molar-refractivity contribution in [3.8, 4) is 0 Å². The molecule has 0 radical (unpaired) electrons. The zero-order valence-corrected chi connectivity index (χ0v) is 5.37. The number of alkyl halides is 3. The van der Waals surface area contributed by atoms with Gasteiger partial charge >= 0.3 is 6.18 Å². The Labute approximate surface area is 56.4 Å². The predicted molar refractivity (Wildman–Crippen MR) is 32.5 cm³/mol. The van der Waals surface area contributed by atoms with Crippen molar-refractivity contribution in [3.63, 3.8) is 0 Å². The SMILES string of the molecule is C=CN/N=C(\C)C(F)(F)F. The quantitative estimate of drug-likeness (QED) is 0.472. The summed E-state index contributed by atoms with van der Waals surface area (Å²) in [5.41, 5.74) is 1.06. The fourth-order valence-electron chi connectivity index (χ4n) is 0.206. The van der Waals surface area contributed by atoms with Crippen LogP contribution in [0, 0.1) is 0 Å². The summed E-state index contributed by atoms with van der Waals surface area (Å²) in [5.74, 6) is 0. The van der Waals surface area contributed by atoms with Crippen molar-refractivity contribution in [2.45, 2.75) is 13.1 Å². The Morgan fingerprint density at radius 1 is 1.60 bits per heavy atom. The molecule has 0 bridgehead atoms. The van der Waals surface area contributed by atoms with Gasteiger partial charge in [0.25, 0.3) is 0 Å². The van der Waals surface area contributed by atoms with Crippen LogP contribution >= 0.6 is 0 Å². The van der Waals surface area contributed by atoms with E-state index in [0.29, 0.717) is 0 Å². The Morgan fingerprint density at radius 3 is 2.40 bits per heavy atom.